The SMILES string of the molecule is CCCN(CC=C(C)C1CC=C(C)CC1)C(=O)C1CC1. The number of rotatable bonds is 6. The van der Waals surface area contributed by atoms with Crippen LogP contribution in [0.15, 0.2) is 23.3 Å². The van der Waals surface area contributed by atoms with Gasteiger partial charge in [0.1, 0.15) is 0 Å². The predicted molar refractivity (Wildman–Crippen MR) is 84.5 cm³/mol. The van der Waals surface area contributed by atoms with Gasteiger partial charge in [0.2, 0.25) is 5.91 Å². The summed E-state index contributed by atoms with van der Waals surface area (Å²) in [6, 6.07) is 0. The minimum atomic E-state index is 0.343. The van der Waals surface area contributed by atoms with E-state index in [9.17, 15) is 4.79 Å². The summed E-state index contributed by atoms with van der Waals surface area (Å²) in [5.41, 5.74) is 3.00. The number of hydrogen-bond acceptors (Lipinski definition) is 1. The van der Waals surface area contributed by atoms with Gasteiger partial charge in [-0.2, -0.15) is 0 Å². The van der Waals surface area contributed by atoms with Gasteiger partial charge >= 0.3 is 0 Å². The van der Waals surface area contributed by atoms with E-state index in [1.54, 1.807) is 0 Å². The molecule has 0 aromatic rings. The molecule has 0 spiro atoms. The van der Waals surface area contributed by atoms with E-state index in [0.29, 0.717) is 17.7 Å². The molecule has 2 rings (SSSR count). The molecule has 0 heterocycles. The molecular formula is C18H29NO. The zero-order valence-corrected chi connectivity index (χ0v) is 13.3. The molecule has 2 heteroatoms. The van der Waals surface area contributed by atoms with Crippen LogP contribution >= 0.6 is 0 Å². The van der Waals surface area contributed by atoms with Crippen molar-refractivity contribution in [3.63, 3.8) is 0 Å². The number of allylic oxidation sites excluding steroid dienone is 3. The number of carbonyl (C=O) groups is 1. The van der Waals surface area contributed by atoms with Crippen molar-refractivity contribution < 1.29 is 4.79 Å². The molecular weight excluding hydrogens is 246 g/mol. The molecule has 1 saturated carbocycles. The summed E-state index contributed by atoms with van der Waals surface area (Å²) < 4.78 is 0. The molecule has 1 fully saturated rings. The lowest BCUT2D eigenvalue weighted by Crippen LogP contribution is -2.33. The van der Waals surface area contributed by atoms with Gasteiger partial charge in [-0.3, -0.25) is 4.79 Å². The van der Waals surface area contributed by atoms with Crippen LogP contribution in [0.5, 0.6) is 0 Å². The van der Waals surface area contributed by atoms with Gasteiger partial charge in [0.25, 0.3) is 0 Å². The van der Waals surface area contributed by atoms with Crippen LogP contribution in [0.2, 0.25) is 0 Å². The second kappa shape index (κ2) is 7.10. The fourth-order valence-electron chi connectivity index (χ4n) is 2.95. The zero-order valence-electron chi connectivity index (χ0n) is 13.3. The predicted octanol–water partition coefficient (Wildman–Crippen LogP) is 4.33. The van der Waals surface area contributed by atoms with Crippen molar-refractivity contribution in [1.29, 1.82) is 0 Å². The van der Waals surface area contributed by atoms with Crippen LogP contribution in [0, 0.1) is 11.8 Å². The Kier molecular flexibility index (Phi) is 5.45. The Hall–Kier alpha value is -1.05. The monoisotopic (exact) mass is 275 g/mol. The highest BCUT2D eigenvalue weighted by molar-refractivity contribution is 5.81. The molecule has 2 aliphatic rings. The maximum atomic E-state index is 12.2. The molecule has 1 unspecified atom stereocenters. The standard InChI is InChI=1S/C18H29NO/c1-4-12-19(18(20)17-9-10-17)13-11-15(3)16-7-5-14(2)6-8-16/h5,11,16-17H,4,6-10,12-13H2,1-3H3. The van der Waals surface area contributed by atoms with E-state index in [-0.39, 0.29) is 0 Å². The highest BCUT2D eigenvalue weighted by atomic mass is 16.2. The van der Waals surface area contributed by atoms with Crippen LogP contribution in [-0.4, -0.2) is 23.9 Å². The minimum absolute atomic E-state index is 0.343. The first kappa shape index (κ1) is 15.3. The Balaban J connectivity index is 1.89. The maximum absolute atomic E-state index is 12.2. The van der Waals surface area contributed by atoms with Gasteiger partial charge in [0.05, 0.1) is 0 Å². The molecule has 0 aliphatic heterocycles. The minimum Gasteiger partial charge on any atom is -0.339 e. The smallest absolute Gasteiger partial charge is 0.225 e. The molecule has 2 nitrogen and oxygen atoms in total. The van der Waals surface area contributed by atoms with Crippen molar-refractivity contribution in [2.45, 2.75) is 59.3 Å². The second-order valence-corrected chi connectivity index (χ2v) is 6.53. The zero-order chi connectivity index (χ0) is 14.5. The molecule has 0 aromatic heterocycles. The summed E-state index contributed by atoms with van der Waals surface area (Å²) >= 11 is 0. The molecule has 20 heavy (non-hydrogen) atoms. The summed E-state index contributed by atoms with van der Waals surface area (Å²) in [5, 5.41) is 0. The molecule has 0 radical (unpaired) electrons. The number of hydrogen-bond donors (Lipinski definition) is 0. The van der Waals surface area contributed by atoms with Crippen molar-refractivity contribution in [3.8, 4) is 0 Å². The summed E-state index contributed by atoms with van der Waals surface area (Å²) in [5.74, 6) is 1.42. The summed E-state index contributed by atoms with van der Waals surface area (Å²) in [4.78, 5) is 14.3. The lowest BCUT2D eigenvalue weighted by molar-refractivity contribution is -0.132. The lowest BCUT2D eigenvalue weighted by atomic mass is 9.85. The molecule has 112 valence electrons. The fourth-order valence-corrected chi connectivity index (χ4v) is 2.95. The van der Waals surface area contributed by atoms with Gasteiger partial charge in [-0.15, -0.1) is 0 Å². The quantitative estimate of drug-likeness (QED) is 0.661. The Morgan fingerprint density at radius 1 is 1.35 bits per heavy atom. The van der Waals surface area contributed by atoms with Crippen molar-refractivity contribution in [1.82, 2.24) is 4.90 Å². The average Bonchev–Trinajstić information content (AvgIpc) is 3.27. The second-order valence-electron chi connectivity index (χ2n) is 6.53. The molecule has 1 atom stereocenters. The number of nitrogens with zero attached hydrogens (tertiary/aromatic N) is 1. The van der Waals surface area contributed by atoms with Gasteiger partial charge in [0, 0.05) is 19.0 Å². The third-order valence-electron chi connectivity index (χ3n) is 4.65. The summed E-state index contributed by atoms with van der Waals surface area (Å²) in [6.45, 7) is 8.34. The van der Waals surface area contributed by atoms with Gasteiger partial charge in [-0.05, 0) is 58.3 Å². The Morgan fingerprint density at radius 2 is 2.10 bits per heavy atom. The average molecular weight is 275 g/mol. The van der Waals surface area contributed by atoms with Crippen molar-refractivity contribution >= 4 is 5.91 Å². The molecule has 0 saturated heterocycles. The normalized spacial score (nSPS) is 23.4. The third-order valence-corrected chi connectivity index (χ3v) is 4.65. The van der Waals surface area contributed by atoms with Crippen molar-refractivity contribution in [3.05, 3.63) is 23.3 Å². The van der Waals surface area contributed by atoms with Crippen molar-refractivity contribution in [2.75, 3.05) is 13.1 Å². The topological polar surface area (TPSA) is 20.3 Å². The van der Waals surface area contributed by atoms with Gasteiger partial charge in [-0.25, -0.2) is 0 Å². The van der Waals surface area contributed by atoms with E-state index in [1.807, 2.05) is 0 Å². The highest BCUT2D eigenvalue weighted by Crippen LogP contribution is 2.31. The van der Waals surface area contributed by atoms with Crippen LogP contribution < -0.4 is 0 Å². The molecule has 1 amide bonds. The van der Waals surface area contributed by atoms with Crippen LogP contribution in [0.25, 0.3) is 0 Å². The van der Waals surface area contributed by atoms with E-state index in [1.165, 1.54) is 30.4 Å². The molecule has 0 N–H and O–H groups in total. The van der Waals surface area contributed by atoms with Crippen LogP contribution in [0.3, 0.4) is 0 Å². The Bertz CT molecular complexity index is 404. The summed E-state index contributed by atoms with van der Waals surface area (Å²) in [7, 11) is 0. The van der Waals surface area contributed by atoms with Gasteiger partial charge < -0.3 is 4.90 Å². The van der Waals surface area contributed by atoms with E-state index in [2.05, 4.69) is 37.8 Å². The molecule has 0 aromatic carbocycles. The Labute approximate surface area is 123 Å². The van der Waals surface area contributed by atoms with E-state index >= 15 is 0 Å². The molecule has 0 bridgehead atoms. The van der Waals surface area contributed by atoms with Crippen molar-refractivity contribution in [2.24, 2.45) is 11.8 Å². The third kappa shape index (κ3) is 4.22. The first-order valence-corrected chi connectivity index (χ1v) is 8.23. The van der Waals surface area contributed by atoms with Crippen LogP contribution in [0.4, 0.5) is 0 Å². The first-order valence-electron chi connectivity index (χ1n) is 8.23. The van der Waals surface area contributed by atoms with Crippen LogP contribution in [0.1, 0.15) is 59.3 Å². The van der Waals surface area contributed by atoms with Gasteiger partial charge in [0.15, 0.2) is 0 Å². The number of amides is 1. The molecule has 2 aliphatic carbocycles. The van der Waals surface area contributed by atoms with E-state index in [0.717, 1.165) is 32.4 Å². The highest BCUT2D eigenvalue weighted by Gasteiger charge is 2.32. The first-order chi connectivity index (χ1) is 9.61. The van der Waals surface area contributed by atoms with E-state index < -0.39 is 0 Å². The Morgan fingerprint density at radius 3 is 2.65 bits per heavy atom. The number of carbonyl (C=O) groups excluding carboxylic acids is 1. The lowest BCUT2D eigenvalue weighted by Gasteiger charge is -2.24. The largest absolute Gasteiger partial charge is 0.339 e. The van der Waals surface area contributed by atoms with Gasteiger partial charge in [-0.1, -0.05) is 30.2 Å². The van der Waals surface area contributed by atoms with E-state index in [4.69, 9.17) is 0 Å². The summed E-state index contributed by atoms with van der Waals surface area (Å²) in [6.07, 6.45) is 11.6. The van der Waals surface area contributed by atoms with Crippen LogP contribution in [-0.2, 0) is 4.79 Å². The fraction of sp³-hybridized carbons (Fsp3) is 0.722. The maximum Gasteiger partial charge on any atom is 0.225 e.